The number of piperidine rings is 1. The van der Waals surface area contributed by atoms with Gasteiger partial charge in [0.1, 0.15) is 35.6 Å². The minimum Gasteiger partial charge on any atom is -0.394 e. The Hall–Kier alpha value is -2.54. The molecule has 2 aliphatic rings. The van der Waals surface area contributed by atoms with Crippen LogP contribution in [0.3, 0.4) is 0 Å². The van der Waals surface area contributed by atoms with Crippen molar-refractivity contribution < 1.29 is 33.2 Å². The van der Waals surface area contributed by atoms with Crippen molar-refractivity contribution in [1.82, 2.24) is 19.9 Å². The SMILES string of the molecule is OC[C@H]1O[C@@]2(CCCN(Cc3ccccc3Cl)C2)[C@H](O)[C@@H](n2cc(-c3cc(F)c(F)c(F)c3)nn2)[C@H]1O. The molecule has 3 heterocycles. The van der Waals surface area contributed by atoms with Crippen LogP contribution >= 0.6 is 11.6 Å². The third-order valence-corrected chi connectivity index (χ3v) is 7.54. The Kier molecular flexibility index (Phi) is 7.27. The van der Waals surface area contributed by atoms with Gasteiger partial charge >= 0.3 is 0 Å². The summed E-state index contributed by atoms with van der Waals surface area (Å²) in [5.41, 5.74) is -0.267. The highest BCUT2D eigenvalue weighted by Crippen LogP contribution is 2.42. The van der Waals surface area contributed by atoms with Gasteiger partial charge in [-0.15, -0.1) is 5.10 Å². The first-order chi connectivity index (χ1) is 17.7. The van der Waals surface area contributed by atoms with Gasteiger partial charge in [-0.2, -0.15) is 0 Å². The Labute approximate surface area is 215 Å². The van der Waals surface area contributed by atoms with Gasteiger partial charge in [-0.1, -0.05) is 35.0 Å². The summed E-state index contributed by atoms with van der Waals surface area (Å²) in [6, 6.07) is 7.95. The molecule has 2 aliphatic heterocycles. The van der Waals surface area contributed by atoms with Crippen molar-refractivity contribution >= 4 is 11.6 Å². The molecule has 0 amide bonds. The van der Waals surface area contributed by atoms with Crippen LogP contribution in [0.2, 0.25) is 5.02 Å². The number of ether oxygens (including phenoxy) is 1. The number of aliphatic hydroxyl groups is 3. The zero-order chi connectivity index (χ0) is 26.3. The van der Waals surface area contributed by atoms with Crippen molar-refractivity contribution in [3.05, 3.63) is 70.6 Å². The lowest BCUT2D eigenvalue weighted by Crippen LogP contribution is -2.67. The van der Waals surface area contributed by atoms with Crippen LogP contribution in [0.15, 0.2) is 42.6 Å². The molecule has 198 valence electrons. The number of hydrogen-bond acceptors (Lipinski definition) is 7. The highest BCUT2D eigenvalue weighted by Gasteiger charge is 2.56. The van der Waals surface area contributed by atoms with Gasteiger partial charge in [0.25, 0.3) is 0 Å². The molecule has 1 aromatic heterocycles. The fourth-order valence-electron chi connectivity index (χ4n) is 5.34. The molecule has 5 rings (SSSR count). The minimum atomic E-state index is -1.60. The lowest BCUT2D eigenvalue weighted by Gasteiger charge is -2.53. The fourth-order valence-corrected chi connectivity index (χ4v) is 5.54. The van der Waals surface area contributed by atoms with Crippen molar-refractivity contribution in [2.24, 2.45) is 0 Å². The molecule has 0 saturated carbocycles. The smallest absolute Gasteiger partial charge is 0.194 e. The number of benzene rings is 2. The number of hydrogen-bond donors (Lipinski definition) is 3. The van der Waals surface area contributed by atoms with Crippen molar-refractivity contribution in [2.75, 3.05) is 19.7 Å². The first-order valence-corrected chi connectivity index (χ1v) is 12.3. The van der Waals surface area contributed by atoms with E-state index >= 15 is 0 Å². The lowest BCUT2D eigenvalue weighted by molar-refractivity contribution is -0.269. The second-order valence-electron chi connectivity index (χ2n) is 9.57. The molecule has 2 fully saturated rings. The second kappa shape index (κ2) is 10.3. The number of aromatic nitrogens is 3. The van der Waals surface area contributed by atoms with Gasteiger partial charge in [-0.25, -0.2) is 17.9 Å². The predicted octanol–water partition coefficient (Wildman–Crippen LogP) is 2.70. The summed E-state index contributed by atoms with van der Waals surface area (Å²) >= 11 is 6.34. The summed E-state index contributed by atoms with van der Waals surface area (Å²) in [4.78, 5) is 2.09. The molecule has 2 aromatic carbocycles. The van der Waals surface area contributed by atoms with Crippen LogP contribution in [0.4, 0.5) is 13.2 Å². The normalized spacial score (nSPS) is 28.6. The summed E-state index contributed by atoms with van der Waals surface area (Å²) in [7, 11) is 0. The van der Waals surface area contributed by atoms with E-state index in [0.29, 0.717) is 31.0 Å². The number of likely N-dealkylation sites (tertiary alicyclic amines) is 1. The van der Waals surface area contributed by atoms with E-state index < -0.39 is 54.0 Å². The third kappa shape index (κ3) is 4.87. The van der Waals surface area contributed by atoms with Crippen molar-refractivity contribution in [2.45, 2.75) is 49.3 Å². The highest BCUT2D eigenvalue weighted by molar-refractivity contribution is 6.31. The van der Waals surface area contributed by atoms with Gasteiger partial charge in [0.2, 0.25) is 0 Å². The van der Waals surface area contributed by atoms with E-state index in [1.54, 1.807) is 6.07 Å². The number of nitrogens with zero attached hydrogens (tertiary/aromatic N) is 4. The van der Waals surface area contributed by atoms with E-state index in [1.165, 1.54) is 10.9 Å². The molecule has 0 bridgehead atoms. The third-order valence-electron chi connectivity index (χ3n) is 7.17. The monoisotopic (exact) mass is 538 g/mol. The Morgan fingerprint density at radius 2 is 1.86 bits per heavy atom. The summed E-state index contributed by atoms with van der Waals surface area (Å²) < 4.78 is 48.3. The molecule has 37 heavy (non-hydrogen) atoms. The Bertz CT molecular complexity index is 1260. The van der Waals surface area contributed by atoms with E-state index in [0.717, 1.165) is 24.2 Å². The Balaban J connectivity index is 1.44. The van der Waals surface area contributed by atoms with E-state index in [2.05, 4.69) is 15.2 Å². The van der Waals surface area contributed by atoms with Crippen molar-refractivity contribution in [1.29, 1.82) is 0 Å². The first kappa shape index (κ1) is 26.1. The van der Waals surface area contributed by atoms with Gasteiger partial charge in [0.05, 0.1) is 12.8 Å². The number of aliphatic hydroxyl groups excluding tert-OH is 3. The maximum absolute atomic E-state index is 13.8. The fraction of sp³-hybridized carbons (Fsp3) is 0.440. The molecular formula is C25H26ClF3N4O4. The first-order valence-electron chi connectivity index (χ1n) is 11.9. The Morgan fingerprint density at radius 1 is 1.14 bits per heavy atom. The van der Waals surface area contributed by atoms with Gasteiger partial charge in [0.15, 0.2) is 17.5 Å². The van der Waals surface area contributed by atoms with Crippen LogP contribution in [0.25, 0.3) is 11.3 Å². The molecule has 3 aromatic rings. The molecule has 0 unspecified atom stereocenters. The number of halogens is 4. The second-order valence-corrected chi connectivity index (χ2v) is 9.98. The molecule has 2 saturated heterocycles. The topological polar surface area (TPSA) is 104 Å². The van der Waals surface area contributed by atoms with E-state index in [9.17, 15) is 28.5 Å². The van der Waals surface area contributed by atoms with Crippen LogP contribution in [-0.2, 0) is 11.3 Å². The van der Waals surface area contributed by atoms with E-state index in [4.69, 9.17) is 16.3 Å². The standard InChI is InChI=1S/C25H26ClF3N4O4/c26-16-5-2-1-4-14(16)10-32-7-3-6-25(13-32)24(36)22(23(35)20(12-34)37-25)33-11-19(30-31-33)15-8-17(27)21(29)18(28)9-15/h1-2,4-5,8-9,11,20,22-24,34-36H,3,6-7,10,12-13H2/t20-,22+,23+,24-,25-/m1/s1. The highest BCUT2D eigenvalue weighted by atomic mass is 35.5. The number of rotatable bonds is 5. The molecule has 8 nitrogen and oxygen atoms in total. The van der Waals surface area contributed by atoms with Crippen LogP contribution in [0, 0.1) is 17.5 Å². The van der Waals surface area contributed by atoms with Gasteiger partial charge in [-0.3, -0.25) is 4.90 Å². The molecule has 5 atom stereocenters. The summed E-state index contributed by atoms with van der Waals surface area (Å²) in [5, 5.41) is 41.0. The molecule has 0 aliphatic carbocycles. The minimum absolute atomic E-state index is 0.0160. The predicted molar refractivity (Wildman–Crippen MR) is 127 cm³/mol. The maximum atomic E-state index is 13.8. The van der Waals surface area contributed by atoms with Crippen LogP contribution in [0.5, 0.6) is 0 Å². The quantitative estimate of drug-likeness (QED) is 0.429. The molecular weight excluding hydrogens is 513 g/mol. The summed E-state index contributed by atoms with van der Waals surface area (Å²) in [6.07, 6.45) is -1.21. The zero-order valence-electron chi connectivity index (χ0n) is 19.6. The van der Waals surface area contributed by atoms with Crippen LogP contribution < -0.4 is 0 Å². The van der Waals surface area contributed by atoms with Gasteiger partial charge in [-0.05, 0) is 43.1 Å². The molecule has 1 spiro atoms. The summed E-state index contributed by atoms with van der Waals surface area (Å²) in [5.74, 6) is -4.36. The maximum Gasteiger partial charge on any atom is 0.194 e. The van der Waals surface area contributed by atoms with Crippen LogP contribution in [-0.4, -0.2) is 78.8 Å². The molecule has 12 heteroatoms. The molecule has 0 radical (unpaired) electrons. The zero-order valence-corrected chi connectivity index (χ0v) is 20.4. The molecule has 3 N–H and O–H groups in total. The van der Waals surface area contributed by atoms with Crippen LogP contribution in [0.1, 0.15) is 24.4 Å². The van der Waals surface area contributed by atoms with Gasteiger partial charge in [0, 0.05) is 23.7 Å². The van der Waals surface area contributed by atoms with E-state index in [1.807, 2.05) is 18.2 Å². The summed E-state index contributed by atoms with van der Waals surface area (Å²) in [6.45, 7) is 1.04. The average Bonchev–Trinajstić information content (AvgIpc) is 3.36. The van der Waals surface area contributed by atoms with E-state index in [-0.39, 0.29) is 11.3 Å². The lowest BCUT2D eigenvalue weighted by atomic mass is 9.78. The van der Waals surface area contributed by atoms with Gasteiger partial charge < -0.3 is 20.1 Å². The average molecular weight is 539 g/mol. The largest absolute Gasteiger partial charge is 0.394 e. The van der Waals surface area contributed by atoms with Crippen molar-refractivity contribution in [3.8, 4) is 11.3 Å². The van der Waals surface area contributed by atoms with Crippen molar-refractivity contribution in [3.63, 3.8) is 0 Å². The Morgan fingerprint density at radius 3 is 2.57 bits per heavy atom.